The average molecular weight is 388 g/mol. The van der Waals surface area contributed by atoms with E-state index in [4.69, 9.17) is 5.73 Å². The maximum absolute atomic E-state index is 12.3. The molecular weight excluding hydrogens is 364 g/mol. The summed E-state index contributed by atoms with van der Waals surface area (Å²) in [6.45, 7) is 0. The Balaban J connectivity index is 1.65. The molecule has 1 aliphatic carbocycles. The van der Waals surface area contributed by atoms with Crippen LogP contribution in [0.2, 0.25) is 0 Å². The van der Waals surface area contributed by atoms with Crippen molar-refractivity contribution in [3.05, 3.63) is 36.2 Å². The van der Waals surface area contributed by atoms with Crippen molar-refractivity contribution in [3.8, 4) is 0 Å². The SMILES string of the molecule is NC(=O)[C@@H](C[C@H](O)[C@H](O)NC(=O)c1cnc2ccccc2n1)C1(O)CCCC1. The van der Waals surface area contributed by atoms with Crippen LogP contribution in [0.25, 0.3) is 11.0 Å². The van der Waals surface area contributed by atoms with Crippen LogP contribution in [0.15, 0.2) is 30.5 Å². The second-order valence-electron chi connectivity index (χ2n) is 7.23. The number of para-hydroxylation sites is 2. The number of hydrogen-bond donors (Lipinski definition) is 5. The number of primary amides is 1. The number of nitrogens with zero attached hydrogens (tertiary/aromatic N) is 2. The number of rotatable bonds is 7. The summed E-state index contributed by atoms with van der Waals surface area (Å²) in [6.07, 6.45) is 0.186. The van der Waals surface area contributed by atoms with Crippen LogP contribution < -0.4 is 11.1 Å². The number of nitrogens with one attached hydrogen (secondary N) is 1. The molecule has 6 N–H and O–H groups in total. The molecule has 0 aliphatic heterocycles. The highest BCUT2D eigenvalue weighted by Gasteiger charge is 2.44. The molecule has 0 spiro atoms. The zero-order chi connectivity index (χ0) is 20.3. The van der Waals surface area contributed by atoms with Gasteiger partial charge in [-0.1, -0.05) is 25.0 Å². The number of fused-ring (bicyclic) bond motifs is 1. The standard InChI is InChI=1S/C19H24N4O5/c20-16(25)11(19(28)7-3-4-8-19)9-15(24)18(27)23-17(26)14-10-21-12-5-1-2-6-13(12)22-14/h1-2,5-6,10-11,15,18,24,27-28H,3-4,7-9H2,(H2,20,25)(H,23,26)/t11-,15+,18+/m1/s1. The second kappa shape index (κ2) is 8.17. The van der Waals surface area contributed by atoms with Gasteiger partial charge in [0.05, 0.1) is 34.9 Å². The Hall–Kier alpha value is -2.62. The van der Waals surface area contributed by atoms with Crippen molar-refractivity contribution in [2.24, 2.45) is 11.7 Å². The van der Waals surface area contributed by atoms with Gasteiger partial charge in [-0.05, 0) is 31.4 Å². The maximum atomic E-state index is 12.3. The molecule has 9 heteroatoms. The van der Waals surface area contributed by atoms with Gasteiger partial charge in [-0.15, -0.1) is 0 Å². The Bertz CT molecular complexity index is 868. The number of amides is 2. The van der Waals surface area contributed by atoms with Gasteiger partial charge in [-0.2, -0.15) is 0 Å². The first-order chi connectivity index (χ1) is 13.3. The van der Waals surface area contributed by atoms with E-state index in [2.05, 4.69) is 15.3 Å². The third-order valence-electron chi connectivity index (χ3n) is 5.26. The van der Waals surface area contributed by atoms with E-state index in [1.165, 1.54) is 6.20 Å². The quantitative estimate of drug-likeness (QED) is 0.412. The predicted octanol–water partition coefficient (Wildman–Crippen LogP) is -0.164. The molecule has 0 bridgehead atoms. The molecule has 0 saturated heterocycles. The van der Waals surface area contributed by atoms with E-state index in [9.17, 15) is 24.9 Å². The molecule has 0 unspecified atom stereocenters. The van der Waals surface area contributed by atoms with E-state index >= 15 is 0 Å². The summed E-state index contributed by atoms with van der Waals surface area (Å²) in [6, 6.07) is 7.00. The lowest BCUT2D eigenvalue weighted by Crippen LogP contribution is -2.49. The monoisotopic (exact) mass is 388 g/mol. The van der Waals surface area contributed by atoms with Crippen LogP contribution in [-0.2, 0) is 4.79 Å². The van der Waals surface area contributed by atoms with Crippen LogP contribution in [0.4, 0.5) is 0 Å². The highest BCUT2D eigenvalue weighted by Crippen LogP contribution is 2.38. The van der Waals surface area contributed by atoms with Gasteiger partial charge >= 0.3 is 0 Å². The van der Waals surface area contributed by atoms with E-state index in [0.717, 1.165) is 12.8 Å². The molecule has 150 valence electrons. The molecule has 1 aromatic heterocycles. The molecule has 2 aromatic rings. The molecule has 9 nitrogen and oxygen atoms in total. The van der Waals surface area contributed by atoms with E-state index in [0.29, 0.717) is 23.9 Å². The van der Waals surface area contributed by atoms with E-state index in [1.807, 2.05) is 0 Å². The van der Waals surface area contributed by atoms with Gasteiger partial charge in [0.25, 0.3) is 5.91 Å². The Kier molecular flexibility index (Phi) is 5.87. The molecule has 1 saturated carbocycles. The van der Waals surface area contributed by atoms with Gasteiger partial charge in [-0.3, -0.25) is 14.6 Å². The van der Waals surface area contributed by atoms with Crippen LogP contribution >= 0.6 is 0 Å². The second-order valence-corrected chi connectivity index (χ2v) is 7.23. The predicted molar refractivity (Wildman–Crippen MR) is 99.7 cm³/mol. The highest BCUT2D eigenvalue weighted by molar-refractivity contribution is 5.93. The summed E-state index contributed by atoms with van der Waals surface area (Å²) < 4.78 is 0. The Morgan fingerprint density at radius 3 is 2.46 bits per heavy atom. The Labute approximate surface area is 161 Å². The number of aliphatic hydroxyl groups excluding tert-OH is 2. The lowest BCUT2D eigenvalue weighted by molar-refractivity contribution is -0.135. The van der Waals surface area contributed by atoms with Crippen LogP contribution in [0, 0.1) is 5.92 Å². The molecule has 28 heavy (non-hydrogen) atoms. The number of carbonyl (C=O) groups is 2. The number of hydrogen-bond acceptors (Lipinski definition) is 7. The summed E-state index contributed by atoms with van der Waals surface area (Å²) in [4.78, 5) is 32.4. The van der Waals surface area contributed by atoms with Crippen molar-refractivity contribution in [1.29, 1.82) is 0 Å². The Morgan fingerprint density at radius 2 is 1.82 bits per heavy atom. The zero-order valence-corrected chi connectivity index (χ0v) is 15.3. The van der Waals surface area contributed by atoms with Gasteiger partial charge in [0.15, 0.2) is 6.23 Å². The number of benzene rings is 1. The average Bonchev–Trinajstić information content (AvgIpc) is 3.12. The van der Waals surface area contributed by atoms with Crippen LogP contribution in [0.1, 0.15) is 42.6 Å². The third kappa shape index (κ3) is 4.27. The van der Waals surface area contributed by atoms with Crippen molar-refractivity contribution in [2.45, 2.75) is 50.0 Å². The molecule has 1 fully saturated rings. The first-order valence-electron chi connectivity index (χ1n) is 9.20. The number of carbonyl (C=O) groups excluding carboxylic acids is 2. The summed E-state index contributed by atoms with van der Waals surface area (Å²) >= 11 is 0. The van der Waals surface area contributed by atoms with Gasteiger partial charge in [0.2, 0.25) is 5.91 Å². The Morgan fingerprint density at radius 1 is 1.18 bits per heavy atom. The zero-order valence-electron chi connectivity index (χ0n) is 15.3. The van der Waals surface area contributed by atoms with Gasteiger partial charge in [-0.25, -0.2) is 4.98 Å². The van der Waals surface area contributed by atoms with E-state index < -0.39 is 35.7 Å². The van der Waals surface area contributed by atoms with Gasteiger partial charge in [0, 0.05) is 0 Å². The molecule has 1 aromatic carbocycles. The molecule has 0 radical (unpaired) electrons. The number of aliphatic hydroxyl groups is 3. The molecular formula is C19H24N4O5. The van der Waals surface area contributed by atoms with E-state index in [-0.39, 0.29) is 12.1 Å². The fraction of sp³-hybridized carbons (Fsp3) is 0.474. The van der Waals surface area contributed by atoms with Crippen molar-refractivity contribution in [2.75, 3.05) is 0 Å². The van der Waals surface area contributed by atoms with Crippen LogP contribution in [-0.4, -0.2) is 55.0 Å². The van der Waals surface area contributed by atoms with Crippen molar-refractivity contribution < 1.29 is 24.9 Å². The van der Waals surface area contributed by atoms with Crippen molar-refractivity contribution >= 4 is 22.8 Å². The fourth-order valence-corrected chi connectivity index (χ4v) is 3.68. The van der Waals surface area contributed by atoms with Crippen LogP contribution in [0.3, 0.4) is 0 Å². The van der Waals surface area contributed by atoms with Crippen molar-refractivity contribution in [1.82, 2.24) is 15.3 Å². The molecule has 1 heterocycles. The first-order valence-corrected chi connectivity index (χ1v) is 9.20. The molecule has 3 rings (SSSR count). The van der Waals surface area contributed by atoms with Gasteiger partial charge in [0.1, 0.15) is 5.69 Å². The minimum atomic E-state index is -1.66. The lowest BCUT2D eigenvalue weighted by Gasteiger charge is -2.32. The van der Waals surface area contributed by atoms with Crippen LogP contribution in [0.5, 0.6) is 0 Å². The molecule has 3 atom stereocenters. The molecule has 1 aliphatic rings. The van der Waals surface area contributed by atoms with Crippen molar-refractivity contribution in [3.63, 3.8) is 0 Å². The number of nitrogens with two attached hydrogens (primary N) is 1. The normalized spacial score (nSPS) is 19.1. The van der Waals surface area contributed by atoms with E-state index in [1.54, 1.807) is 24.3 Å². The summed E-state index contributed by atoms with van der Waals surface area (Å²) in [7, 11) is 0. The summed E-state index contributed by atoms with van der Waals surface area (Å²) in [5, 5.41) is 33.3. The third-order valence-corrected chi connectivity index (χ3v) is 5.26. The summed E-state index contributed by atoms with van der Waals surface area (Å²) in [5.74, 6) is -2.49. The molecule has 2 amide bonds. The number of aromatic nitrogens is 2. The largest absolute Gasteiger partial charge is 0.389 e. The maximum Gasteiger partial charge on any atom is 0.273 e. The smallest absolute Gasteiger partial charge is 0.273 e. The minimum absolute atomic E-state index is 0.0224. The topological polar surface area (TPSA) is 159 Å². The highest BCUT2D eigenvalue weighted by atomic mass is 16.3. The van der Waals surface area contributed by atoms with Gasteiger partial charge < -0.3 is 26.4 Å². The first kappa shape index (κ1) is 20.1. The lowest BCUT2D eigenvalue weighted by atomic mass is 9.81. The summed E-state index contributed by atoms with van der Waals surface area (Å²) in [5.41, 5.74) is 5.22. The minimum Gasteiger partial charge on any atom is -0.389 e. The fourth-order valence-electron chi connectivity index (χ4n) is 3.68.